The number of hydrogen-bond acceptors (Lipinski definition) is 5. The first-order valence-electron chi connectivity index (χ1n) is 12.9. The molecule has 0 saturated carbocycles. The summed E-state index contributed by atoms with van der Waals surface area (Å²) in [5, 5.41) is 4.41. The van der Waals surface area contributed by atoms with Gasteiger partial charge in [-0.25, -0.2) is 4.79 Å². The van der Waals surface area contributed by atoms with Crippen LogP contribution in [0.4, 0.5) is 10.5 Å². The number of aromatic nitrogens is 1. The van der Waals surface area contributed by atoms with Crippen molar-refractivity contribution in [3.8, 4) is 16.5 Å². The van der Waals surface area contributed by atoms with Gasteiger partial charge in [-0.3, -0.25) is 0 Å². The molecule has 1 atom stereocenters. The van der Waals surface area contributed by atoms with Crippen LogP contribution >= 0.6 is 23.1 Å². The second-order valence-electron chi connectivity index (χ2n) is 9.60. The zero-order chi connectivity index (χ0) is 26.2. The number of methoxy groups -OCH3 is 2. The maximum atomic E-state index is 14.2. The quantitative estimate of drug-likeness (QED) is 0.268. The van der Waals surface area contributed by atoms with Gasteiger partial charge in [0.05, 0.1) is 38.2 Å². The molecule has 3 heterocycles. The molecule has 1 aliphatic carbocycles. The van der Waals surface area contributed by atoms with Gasteiger partial charge in [0.15, 0.2) is 0 Å². The van der Waals surface area contributed by atoms with E-state index in [9.17, 15) is 4.79 Å². The molecule has 8 heteroatoms. The van der Waals surface area contributed by atoms with E-state index in [2.05, 4.69) is 58.7 Å². The zero-order valence-electron chi connectivity index (χ0n) is 21.8. The van der Waals surface area contributed by atoms with Crippen molar-refractivity contribution in [3.63, 3.8) is 0 Å². The first-order valence-corrected chi connectivity index (χ1v) is 14.9. The highest BCUT2D eigenvalue weighted by molar-refractivity contribution is 7.98. The molecular formula is C30H31N3O3S2. The third-order valence-corrected chi connectivity index (χ3v) is 9.60. The van der Waals surface area contributed by atoms with Crippen LogP contribution in [0, 0.1) is 0 Å². The molecule has 6 nitrogen and oxygen atoms in total. The summed E-state index contributed by atoms with van der Waals surface area (Å²) < 4.78 is 13.2. The van der Waals surface area contributed by atoms with E-state index >= 15 is 0 Å². The van der Waals surface area contributed by atoms with E-state index in [1.54, 1.807) is 32.0 Å². The number of thioether (sulfide) groups is 1. The van der Waals surface area contributed by atoms with Gasteiger partial charge in [-0.15, -0.1) is 23.1 Å². The van der Waals surface area contributed by atoms with Gasteiger partial charge in [0.25, 0.3) is 0 Å². The fourth-order valence-corrected chi connectivity index (χ4v) is 7.42. The van der Waals surface area contributed by atoms with Crippen LogP contribution < -0.4 is 14.8 Å². The molecule has 0 radical (unpaired) electrons. The number of fused-ring (bicyclic) bond motifs is 5. The summed E-state index contributed by atoms with van der Waals surface area (Å²) in [7, 11) is 3.22. The fraction of sp³-hybridized carbons (Fsp3) is 0.300. The largest absolute Gasteiger partial charge is 0.497 e. The molecule has 1 aliphatic heterocycles. The van der Waals surface area contributed by atoms with E-state index in [-0.39, 0.29) is 12.1 Å². The number of carbonyl (C=O) groups excluding carboxylic acids is 1. The summed E-state index contributed by atoms with van der Waals surface area (Å²) in [6.45, 7) is 0.544. The maximum Gasteiger partial charge on any atom is 0.323 e. The third-order valence-electron chi connectivity index (χ3n) is 7.52. The molecule has 6 rings (SSSR count). The second kappa shape index (κ2) is 10.4. The van der Waals surface area contributed by atoms with Crippen molar-refractivity contribution in [1.82, 2.24) is 9.47 Å². The molecule has 0 spiro atoms. The van der Waals surface area contributed by atoms with Crippen LogP contribution in [0.25, 0.3) is 5.00 Å². The number of nitrogens with one attached hydrogen (secondary N) is 1. The first kappa shape index (κ1) is 24.9. The lowest BCUT2D eigenvalue weighted by Gasteiger charge is -2.31. The molecule has 1 N–H and O–H groups in total. The summed E-state index contributed by atoms with van der Waals surface area (Å²) in [4.78, 5) is 18.9. The van der Waals surface area contributed by atoms with Gasteiger partial charge in [0.1, 0.15) is 16.5 Å². The standard InChI is InChI=1S/C30H31N3O3S2/c1-35-20-12-15-24(26(17-20)36-2)31-30(34)33-18-23-22-7-4-5-9-27(22)38-29(23)32-16-6-8-25(32)28(33)19-10-13-21(37-3)14-11-19/h6,8,10-17,28H,4-5,7,9,18H2,1-3H3,(H,31,34)/t28-/m1/s1. The Morgan fingerprint density at radius 2 is 1.84 bits per heavy atom. The minimum absolute atomic E-state index is 0.163. The summed E-state index contributed by atoms with van der Waals surface area (Å²) in [6, 6.07) is 17.9. The summed E-state index contributed by atoms with van der Waals surface area (Å²) in [5.74, 6) is 1.24. The zero-order valence-corrected chi connectivity index (χ0v) is 23.5. The highest BCUT2D eigenvalue weighted by Gasteiger charge is 2.36. The molecule has 38 heavy (non-hydrogen) atoms. The van der Waals surface area contributed by atoms with E-state index in [4.69, 9.17) is 9.47 Å². The maximum absolute atomic E-state index is 14.2. The van der Waals surface area contributed by atoms with Crippen molar-refractivity contribution in [2.24, 2.45) is 0 Å². The SMILES string of the molecule is COc1ccc(NC(=O)N2Cc3c(sc4c3CCCC4)-n3cccc3[C@H]2c2ccc(SC)cc2)c(OC)c1. The Morgan fingerprint density at radius 3 is 2.61 bits per heavy atom. The highest BCUT2D eigenvalue weighted by Crippen LogP contribution is 2.44. The monoisotopic (exact) mass is 545 g/mol. The Hall–Kier alpha value is -3.36. The number of carbonyl (C=O) groups is 1. The van der Waals surface area contributed by atoms with Crippen LogP contribution in [-0.2, 0) is 19.4 Å². The number of hydrogen-bond donors (Lipinski definition) is 1. The van der Waals surface area contributed by atoms with Gasteiger partial charge >= 0.3 is 6.03 Å². The van der Waals surface area contributed by atoms with Gasteiger partial charge in [-0.2, -0.15) is 0 Å². The number of urea groups is 1. The molecule has 0 fully saturated rings. The number of anilines is 1. The van der Waals surface area contributed by atoms with Crippen LogP contribution in [-0.4, -0.2) is 36.0 Å². The Labute approximate surface area is 231 Å². The van der Waals surface area contributed by atoms with E-state index in [0.717, 1.165) is 24.1 Å². The van der Waals surface area contributed by atoms with Gasteiger partial charge < -0.3 is 24.3 Å². The van der Waals surface area contributed by atoms with Gasteiger partial charge in [0, 0.05) is 27.6 Å². The minimum atomic E-state index is -0.246. The molecule has 0 saturated heterocycles. The lowest BCUT2D eigenvalue weighted by molar-refractivity contribution is 0.194. The van der Waals surface area contributed by atoms with E-state index in [1.165, 1.54) is 38.7 Å². The van der Waals surface area contributed by atoms with Gasteiger partial charge in [-0.1, -0.05) is 12.1 Å². The Bertz CT molecular complexity index is 1470. The molecular weight excluding hydrogens is 514 g/mol. The number of rotatable bonds is 5. The predicted molar refractivity (Wildman–Crippen MR) is 154 cm³/mol. The second-order valence-corrected chi connectivity index (χ2v) is 11.6. The smallest absolute Gasteiger partial charge is 0.323 e. The lowest BCUT2D eigenvalue weighted by Crippen LogP contribution is -2.38. The van der Waals surface area contributed by atoms with Crippen molar-refractivity contribution in [3.05, 3.63) is 88.1 Å². The van der Waals surface area contributed by atoms with Gasteiger partial charge in [0.2, 0.25) is 0 Å². The van der Waals surface area contributed by atoms with Crippen molar-refractivity contribution in [2.45, 2.75) is 43.2 Å². The highest BCUT2D eigenvalue weighted by atomic mass is 32.2. The van der Waals surface area contributed by atoms with E-state index in [0.29, 0.717) is 23.7 Å². The van der Waals surface area contributed by atoms with Crippen LogP contribution in [0.2, 0.25) is 0 Å². The predicted octanol–water partition coefficient (Wildman–Crippen LogP) is 7.29. The van der Waals surface area contributed by atoms with Crippen LogP contribution in [0.5, 0.6) is 11.5 Å². The topological polar surface area (TPSA) is 55.7 Å². The molecule has 196 valence electrons. The van der Waals surface area contributed by atoms with Crippen LogP contribution in [0.3, 0.4) is 0 Å². The first-order chi connectivity index (χ1) is 18.6. The number of aryl methyl sites for hydroxylation is 1. The normalized spacial score (nSPS) is 16.2. The van der Waals surface area contributed by atoms with Crippen molar-refractivity contribution >= 4 is 34.8 Å². The fourth-order valence-electron chi connectivity index (χ4n) is 5.61. The van der Waals surface area contributed by atoms with Crippen molar-refractivity contribution in [2.75, 3.05) is 25.8 Å². The average molecular weight is 546 g/mol. The van der Waals surface area contributed by atoms with E-state index < -0.39 is 0 Å². The Morgan fingerprint density at radius 1 is 1.03 bits per heavy atom. The van der Waals surface area contributed by atoms with Crippen LogP contribution in [0.1, 0.15) is 46.1 Å². The van der Waals surface area contributed by atoms with Gasteiger partial charge in [-0.05, 0) is 79.5 Å². The number of benzene rings is 2. The third kappa shape index (κ3) is 4.35. The molecule has 0 unspecified atom stereocenters. The molecule has 2 aliphatic rings. The number of nitrogens with zero attached hydrogens (tertiary/aromatic N) is 2. The van der Waals surface area contributed by atoms with Crippen molar-refractivity contribution < 1.29 is 14.3 Å². The minimum Gasteiger partial charge on any atom is -0.497 e. The summed E-state index contributed by atoms with van der Waals surface area (Å²) in [5.41, 5.74) is 5.51. The lowest BCUT2D eigenvalue weighted by atomic mass is 9.95. The number of amides is 2. The Kier molecular flexibility index (Phi) is 6.84. The molecule has 0 bridgehead atoms. The van der Waals surface area contributed by atoms with E-state index in [1.807, 2.05) is 28.4 Å². The number of ether oxygens (including phenoxy) is 2. The Balaban J connectivity index is 1.47. The summed E-state index contributed by atoms with van der Waals surface area (Å²) >= 11 is 3.61. The van der Waals surface area contributed by atoms with Crippen LogP contribution in [0.15, 0.2) is 65.7 Å². The summed E-state index contributed by atoms with van der Waals surface area (Å²) in [6.07, 6.45) is 8.85. The average Bonchev–Trinajstić information content (AvgIpc) is 3.55. The van der Waals surface area contributed by atoms with Crippen molar-refractivity contribution in [1.29, 1.82) is 0 Å². The molecule has 2 amide bonds. The molecule has 2 aromatic heterocycles. The molecule has 2 aromatic carbocycles. The molecule has 4 aromatic rings. The number of thiophene rings is 1.